The lowest BCUT2D eigenvalue weighted by Crippen LogP contribution is -2.16. The van der Waals surface area contributed by atoms with Crippen LogP contribution < -0.4 is 0 Å². The summed E-state index contributed by atoms with van der Waals surface area (Å²) in [5, 5.41) is 16.7. The maximum atomic E-state index is 11.1. The molecular formula is C9H14BrN3O2. The zero-order valence-corrected chi connectivity index (χ0v) is 10.4. The Labute approximate surface area is 96.6 Å². The van der Waals surface area contributed by atoms with Crippen molar-refractivity contribution < 1.29 is 9.90 Å². The molecule has 0 radical (unpaired) electrons. The van der Waals surface area contributed by atoms with Gasteiger partial charge in [-0.05, 0) is 22.4 Å². The van der Waals surface area contributed by atoms with Gasteiger partial charge in [0.15, 0.2) is 4.60 Å². The highest BCUT2D eigenvalue weighted by Gasteiger charge is 2.25. The fourth-order valence-electron chi connectivity index (χ4n) is 1.49. The molecule has 1 rings (SSSR count). The van der Waals surface area contributed by atoms with Crippen molar-refractivity contribution in [2.45, 2.75) is 32.1 Å². The monoisotopic (exact) mass is 275 g/mol. The summed E-state index contributed by atoms with van der Waals surface area (Å²) in [6.45, 7) is 2.04. The molecule has 5 nitrogen and oxygen atoms in total. The highest BCUT2D eigenvalue weighted by atomic mass is 79.9. The second kappa shape index (κ2) is 5.25. The maximum absolute atomic E-state index is 11.1. The summed E-state index contributed by atoms with van der Waals surface area (Å²) in [6.07, 6.45) is 2.48. The molecule has 0 amide bonds. The number of halogens is 1. The van der Waals surface area contributed by atoms with Gasteiger partial charge in [0.05, 0.1) is 5.69 Å². The lowest BCUT2D eigenvalue weighted by atomic mass is 9.99. The van der Waals surface area contributed by atoms with Crippen LogP contribution in [0.25, 0.3) is 0 Å². The van der Waals surface area contributed by atoms with Gasteiger partial charge in [-0.2, -0.15) is 0 Å². The van der Waals surface area contributed by atoms with Gasteiger partial charge in [-0.3, -0.25) is 9.48 Å². The molecule has 84 valence electrons. The largest absolute Gasteiger partial charge is 0.481 e. The second-order valence-electron chi connectivity index (χ2n) is 3.42. The van der Waals surface area contributed by atoms with Crippen LogP contribution in [-0.2, 0) is 11.8 Å². The number of carboxylic acids is 1. The van der Waals surface area contributed by atoms with Crippen LogP contribution in [0.3, 0.4) is 0 Å². The number of carboxylic acid groups (broad SMARTS) is 1. The Balaban J connectivity index is 2.93. The number of carbonyl (C=O) groups is 1. The number of aromatic nitrogens is 3. The number of hydrogen-bond donors (Lipinski definition) is 1. The van der Waals surface area contributed by atoms with Crippen LogP contribution in [0, 0.1) is 0 Å². The second-order valence-corrected chi connectivity index (χ2v) is 4.17. The van der Waals surface area contributed by atoms with Crippen molar-refractivity contribution in [1.29, 1.82) is 0 Å². The number of nitrogens with zero attached hydrogens (tertiary/aromatic N) is 3. The van der Waals surface area contributed by atoms with Gasteiger partial charge < -0.3 is 5.11 Å². The fourth-order valence-corrected chi connectivity index (χ4v) is 2.10. The van der Waals surface area contributed by atoms with Crippen molar-refractivity contribution in [2.75, 3.05) is 0 Å². The third-order valence-electron chi connectivity index (χ3n) is 2.30. The van der Waals surface area contributed by atoms with Crippen molar-refractivity contribution in [3.05, 3.63) is 10.3 Å². The first kappa shape index (κ1) is 12.2. The molecule has 0 aromatic carbocycles. The van der Waals surface area contributed by atoms with Crippen LogP contribution in [-0.4, -0.2) is 26.1 Å². The molecule has 6 heteroatoms. The Kier molecular flexibility index (Phi) is 4.26. The molecule has 0 aliphatic rings. The van der Waals surface area contributed by atoms with E-state index in [1.807, 2.05) is 6.92 Å². The van der Waals surface area contributed by atoms with Gasteiger partial charge in [0.25, 0.3) is 0 Å². The van der Waals surface area contributed by atoms with Gasteiger partial charge in [0, 0.05) is 7.05 Å². The first-order valence-electron chi connectivity index (χ1n) is 4.85. The molecule has 0 aliphatic carbocycles. The quantitative estimate of drug-likeness (QED) is 0.892. The lowest BCUT2D eigenvalue weighted by Gasteiger charge is -2.11. The standard InChI is InChI=1S/C9H14BrN3O2/c1-3-4-5-6(9(14)15)7-8(10)11-12-13(7)2/h6H,3-5H2,1-2H3,(H,14,15). The van der Waals surface area contributed by atoms with E-state index >= 15 is 0 Å². The van der Waals surface area contributed by atoms with Crippen LogP contribution in [0.5, 0.6) is 0 Å². The number of aryl methyl sites for hydroxylation is 1. The summed E-state index contributed by atoms with van der Waals surface area (Å²) in [5.74, 6) is -1.35. The van der Waals surface area contributed by atoms with Crippen LogP contribution in [0.2, 0.25) is 0 Å². The zero-order chi connectivity index (χ0) is 11.4. The molecule has 15 heavy (non-hydrogen) atoms. The minimum absolute atomic E-state index is 0.522. The molecule has 1 aromatic heterocycles. The third kappa shape index (κ3) is 2.77. The third-order valence-corrected chi connectivity index (χ3v) is 2.87. The van der Waals surface area contributed by atoms with E-state index in [1.165, 1.54) is 4.68 Å². The molecule has 1 heterocycles. The van der Waals surface area contributed by atoms with E-state index in [4.69, 9.17) is 5.11 Å². The van der Waals surface area contributed by atoms with Gasteiger partial charge >= 0.3 is 5.97 Å². The van der Waals surface area contributed by atoms with Crippen molar-refractivity contribution >= 4 is 21.9 Å². The molecule has 1 unspecified atom stereocenters. The Morgan fingerprint density at radius 2 is 2.33 bits per heavy atom. The lowest BCUT2D eigenvalue weighted by molar-refractivity contribution is -0.139. The van der Waals surface area contributed by atoms with E-state index in [2.05, 4.69) is 26.2 Å². The average molecular weight is 276 g/mol. The molecule has 0 saturated heterocycles. The van der Waals surface area contributed by atoms with Crippen molar-refractivity contribution in [1.82, 2.24) is 15.0 Å². The van der Waals surface area contributed by atoms with Gasteiger partial charge in [-0.25, -0.2) is 0 Å². The molecule has 0 fully saturated rings. The fraction of sp³-hybridized carbons (Fsp3) is 0.667. The highest BCUT2D eigenvalue weighted by molar-refractivity contribution is 9.10. The average Bonchev–Trinajstić information content (AvgIpc) is 2.49. The number of rotatable bonds is 5. The molecule has 1 N–H and O–H groups in total. The van der Waals surface area contributed by atoms with E-state index in [1.54, 1.807) is 7.05 Å². The van der Waals surface area contributed by atoms with Gasteiger partial charge in [-0.1, -0.05) is 25.0 Å². The van der Waals surface area contributed by atoms with Crippen LogP contribution in [0.4, 0.5) is 0 Å². The Morgan fingerprint density at radius 1 is 1.67 bits per heavy atom. The van der Waals surface area contributed by atoms with Gasteiger partial charge in [0.2, 0.25) is 0 Å². The van der Waals surface area contributed by atoms with Crippen molar-refractivity contribution in [2.24, 2.45) is 7.05 Å². The van der Waals surface area contributed by atoms with E-state index in [9.17, 15) is 4.79 Å². The van der Waals surface area contributed by atoms with Crippen molar-refractivity contribution in [3.8, 4) is 0 Å². The smallest absolute Gasteiger partial charge is 0.312 e. The van der Waals surface area contributed by atoms with Crippen LogP contribution in [0.15, 0.2) is 4.60 Å². The van der Waals surface area contributed by atoms with E-state index in [-0.39, 0.29) is 0 Å². The summed E-state index contributed by atoms with van der Waals surface area (Å²) in [5.41, 5.74) is 0.635. The van der Waals surface area contributed by atoms with Crippen molar-refractivity contribution in [3.63, 3.8) is 0 Å². The molecule has 0 spiro atoms. The van der Waals surface area contributed by atoms with E-state index < -0.39 is 11.9 Å². The minimum Gasteiger partial charge on any atom is -0.481 e. The minimum atomic E-state index is -0.824. The topological polar surface area (TPSA) is 68.0 Å². The zero-order valence-electron chi connectivity index (χ0n) is 8.77. The molecule has 0 saturated carbocycles. The highest BCUT2D eigenvalue weighted by Crippen LogP contribution is 2.27. The molecule has 1 aromatic rings. The summed E-state index contributed by atoms with van der Waals surface area (Å²) < 4.78 is 2.03. The SMILES string of the molecule is CCCCC(C(=O)O)c1c(Br)nnn1C. The Bertz CT molecular complexity index is 332. The van der Waals surface area contributed by atoms with Crippen LogP contribution >= 0.6 is 15.9 Å². The first-order valence-corrected chi connectivity index (χ1v) is 5.65. The van der Waals surface area contributed by atoms with E-state index in [0.29, 0.717) is 16.7 Å². The summed E-state index contributed by atoms with van der Waals surface area (Å²) in [7, 11) is 1.70. The Hall–Kier alpha value is -0.910. The predicted molar refractivity (Wildman–Crippen MR) is 58.6 cm³/mol. The maximum Gasteiger partial charge on any atom is 0.312 e. The summed E-state index contributed by atoms with van der Waals surface area (Å²) >= 11 is 3.22. The number of aliphatic carboxylic acids is 1. The first-order chi connectivity index (χ1) is 7.07. The molecule has 0 aliphatic heterocycles. The summed E-state index contributed by atoms with van der Waals surface area (Å²) in [6, 6.07) is 0. The van der Waals surface area contributed by atoms with Gasteiger partial charge in [0.1, 0.15) is 5.92 Å². The molecule has 1 atom stereocenters. The predicted octanol–water partition coefficient (Wildman–Crippen LogP) is 1.94. The molecule has 0 bridgehead atoms. The Morgan fingerprint density at radius 3 is 2.73 bits per heavy atom. The normalized spacial score (nSPS) is 12.7. The summed E-state index contributed by atoms with van der Waals surface area (Å²) in [4.78, 5) is 11.1. The van der Waals surface area contributed by atoms with Gasteiger partial charge in [-0.15, -0.1) is 5.10 Å². The number of hydrogen-bond acceptors (Lipinski definition) is 3. The van der Waals surface area contributed by atoms with E-state index in [0.717, 1.165) is 12.8 Å². The number of unbranched alkanes of at least 4 members (excludes halogenated alkanes) is 1. The van der Waals surface area contributed by atoms with Crippen LogP contribution in [0.1, 0.15) is 37.8 Å². The molecular weight excluding hydrogens is 262 g/mol.